The minimum Gasteiger partial charge on any atom is -0.331 e. The highest BCUT2D eigenvalue weighted by molar-refractivity contribution is 6.31. The van der Waals surface area contributed by atoms with E-state index in [0.29, 0.717) is 49.0 Å². The van der Waals surface area contributed by atoms with E-state index < -0.39 is 0 Å². The van der Waals surface area contributed by atoms with Crippen LogP contribution in [0.2, 0.25) is 0 Å². The number of imidazole rings is 1. The van der Waals surface area contributed by atoms with Crippen molar-refractivity contribution in [1.29, 1.82) is 5.26 Å². The Bertz CT molecular complexity index is 1550. The Morgan fingerprint density at radius 1 is 1.12 bits per heavy atom. The van der Waals surface area contributed by atoms with Crippen LogP contribution < -0.4 is 5.32 Å². The highest BCUT2D eigenvalue weighted by Gasteiger charge is 2.29. The first kappa shape index (κ1) is 28.1. The number of amides is 2. The summed E-state index contributed by atoms with van der Waals surface area (Å²) in [5.41, 5.74) is 5.11. The van der Waals surface area contributed by atoms with Gasteiger partial charge >= 0.3 is 6.03 Å². The molecule has 1 aromatic carbocycles. The van der Waals surface area contributed by atoms with Crippen LogP contribution in [0, 0.1) is 18.3 Å². The molecule has 0 spiro atoms. The Balaban J connectivity index is 1.37. The number of nitriles is 1. The third kappa shape index (κ3) is 6.83. The molecule has 208 valence electrons. The van der Waals surface area contributed by atoms with Gasteiger partial charge in [-0.25, -0.2) is 9.78 Å². The van der Waals surface area contributed by atoms with Gasteiger partial charge in [0, 0.05) is 62.0 Å². The zero-order valence-corrected chi connectivity index (χ0v) is 23.8. The number of halogens is 1. The van der Waals surface area contributed by atoms with Gasteiger partial charge in [-0.3, -0.25) is 9.88 Å². The van der Waals surface area contributed by atoms with Crippen LogP contribution in [-0.2, 0) is 6.54 Å². The van der Waals surface area contributed by atoms with Crippen molar-refractivity contribution in [3.8, 4) is 6.07 Å². The summed E-state index contributed by atoms with van der Waals surface area (Å²) < 4.78 is 2.09. The molecule has 2 aliphatic rings. The molecule has 2 aromatic heterocycles. The molecule has 1 aliphatic heterocycles. The topological polar surface area (TPSA) is 90.1 Å². The van der Waals surface area contributed by atoms with Gasteiger partial charge in [-0.2, -0.15) is 5.26 Å². The van der Waals surface area contributed by atoms with Crippen molar-refractivity contribution in [2.75, 3.05) is 31.5 Å². The van der Waals surface area contributed by atoms with E-state index in [1.807, 2.05) is 42.4 Å². The third-order valence-corrected chi connectivity index (χ3v) is 7.68. The number of aromatic nitrogens is 3. The second-order valence-corrected chi connectivity index (χ2v) is 10.5. The number of nitrogens with zero attached hydrogens (tertiary/aromatic N) is 6. The Morgan fingerprint density at radius 2 is 1.90 bits per heavy atom. The highest BCUT2D eigenvalue weighted by Crippen LogP contribution is 2.31. The molecule has 1 unspecified atom stereocenters. The molecule has 0 radical (unpaired) electrons. The van der Waals surface area contributed by atoms with E-state index in [2.05, 4.69) is 50.6 Å². The van der Waals surface area contributed by atoms with Crippen LogP contribution in [0.3, 0.4) is 0 Å². The number of rotatable bonds is 4. The lowest BCUT2D eigenvalue weighted by Crippen LogP contribution is -2.51. The SMILES string of the molecule is C=C1/C=C(Cl)\C=C/CC(N2CCN(C(=O)Nc3ccc(C#N)cc3)CC2)c2ncccc2/C=C\1Cn1ccnc1C. The molecule has 2 amide bonds. The number of hydrogen-bond acceptors (Lipinski definition) is 5. The van der Waals surface area contributed by atoms with Crippen LogP contribution in [0.15, 0.2) is 96.0 Å². The molecular weight excluding hydrogens is 534 g/mol. The number of carbonyl (C=O) groups is 1. The third-order valence-electron chi connectivity index (χ3n) is 7.45. The van der Waals surface area contributed by atoms with Gasteiger partial charge in [0.25, 0.3) is 0 Å². The van der Waals surface area contributed by atoms with Crippen LogP contribution in [0.5, 0.6) is 0 Å². The number of pyridine rings is 1. The lowest BCUT2D eigenvalue weighted by Gasteiger charge is -2.39. The normalized spacial score (nSPS) is 21.3. The van der Waals surface area contributed by atoms with Gasteiger partial charge in [0.15, 0.2) is 0 Å². The van der Waals surface area contributed by atoms with E-state index in [1.165, 1.54) is 0 Å². The fourth-order valence-electron chi connectivity index (χ4n) is 5.13. The fraction of sp³-hybridized carbons (Fsp3) is 0.250. The smallest absolute Gasteiger partial charge is 0.321 e. The number of anilines is 1. The minimum atomic E-state index is -0.145. The molecular formula is C32H32ClN7O. The second-order valence-electron chi connectivity index (χ2n) is 10.1. The van der Waals surface area contributed by atoms with Crippen LogP contribution >= 0.6 is 11.6 Å². The summed E-state index contributed by atoms with van der Waals surface area (Å²) in [6.45, 7) is 9.50. The number of benzene rings is 1. The van der Waals surface area contributed by atoms with Crippen molar-refractivity contribution in [1.82, 2.24) is 24.3 Å². The first-order valence-corrected chi connectivity index (χ1v) is 14.0. The number of carbonyl (C=O) groups excluding carboxylic acids is 1. The Morgan fingerprint density at radius 3 is 2.61 bits per heavy atom. The number of piperazine rings is 1. The van der Waals surface area contributed by atoms with Gasteiger partial charge in [0.1, 0.15) is 5.82 Å². The molecule has 1 saturated heterocycles. The van der Waals surface area contributed by atoms with Gasteiger partial charge in [-0.15, -0.1) is 0 Å². The number of urea groups is 1. The summed E-state index contributed by atoms with van der Waals surface area (Å²) in [4.78, 5) is 26.4. The first-order chi connectivity index (χ1) is 19.9. The maximum atomic E-state index is 12.9. The molecule has 5 rings (SSSR count). The highest BCUT2D eigenvalue weighted by atomic mass is 35.5. The molecule has 8 nitrogen and oxygen atoms in total. The summed E-state index contributed by atoms with van der Waals surface area (Å²) in [6, 6.07) is 12.9. The summed E-state index contributed by atoms with van der Waals surface area (Å²) in [7, 11) is 0. The predicted molar refractivity (Wildman–Crippen MR) is 162 cm³/mol. The Hall–Kier alpha value is -4.45. The monoisotopic (exact) mass is 565 g/mol. The van der Waals surface area contributed by atoms with E-state index in [-0.39, 0.29) is 12.1 Å². The molecule has 0 bridgehead atoms. The number of fused-ring (bicyclic) bond motifs is 1. The summed E-state index contributed by atoms with van der Waals surface area (Å²) in [6.07, 6.45) is 14.4. The molecule has 3 heterocycles. The van der Waals surface area contributed by atoms with Crippen molar-refractivity contribution >= 4 is 29.4 Å². The van der Waals surface area contributed by atoms with E-state index in [0.717, 1.165) is 34.6 Å². The average Bonchev–Trinajstić information content (AvgIpc) is 3.38. The summed E-state index contributed by atoms with van der Waals surface area (Å²) in [5, 5.41) is 12.6. The lowest BCUT2D eigenvalue weighted by molar-refractivity contribution is 0.112. The molecule has 1 atom stereocenters. The predicted octanol–water partition coefficient (Wildman–Crippen LogP) is 6.07. The maximum absolute atomic E-state index is 12.9. The van der Waals surface area contributed by atoms with Crippen molar-refractivity contribution in [3.63, 3.8) is 0 Å². The van der Waals surface area contributed by atoms with E-state index in [9.17, 15) is 4.79 Å². The zero-order valence-electron chi connectivity index (χ0n) is 23.0. The van der Waals surface area contributed by atoms with Crippen molar-refractivity contribution in [3.05, 3.63) is 119 Å². The second kappa shape index (κ2) is 12.8. The van der Waals surface area contributed by atoms with Crippen molar-refractivity contribution in [2.24, 2.45) is 0 Å². The molecule has 1 fully saturated rings. The largest absolute Gasteiger partial charge is 0.331 e. The van der Waals surface area contributed by atoms with Crippen LogP contribution in [0.25, 0.3) is 6.08 Å². The minimum absolute atomic E-state index is 0.00880. The Kier molecular flexibility index (Phi) is 8.78. The van der Waals surface area contributed by atoms with Gasteiger partial charge in [-0.1, -0.05) is 30.3 Å². The number of allylic oxidation sites excluding steroid dienone is 5. The molecule has 1 aliphatic carbocycles. The van der Waals surface area contributed by atoms with Gasteiger partial charge in [0.2, 0.25) is 0 Å². The van der Waals surface area contributed by atoms with E-state index in [1.54, 1.807) is 30.5 Å². The standard InChI is InChI=1S/C32H32ClN7O/c1-23-19-28(33)6-3-7-30(31-26(5-4-12-36-31)20-27(23)22-40-14-13-35-24(40)2)38-15-17-39(18-16-38)32(41)37-29-10-8-25(21-34)9-11-29/h3-6,8-14,19-20,30H,1,7,15-18,22H2,2H3,(H,37,41)/b6-3-,27-20-,28-19+. The zero-order chi connectivity index (χ0) is 28.8. The van der Waals surface area contributed by atoms with Gasteiger partial charge in [0.05, 0.1) is 23.4 Å². The quantitative estimate of drug-likeness (QED) is 0.414. The number of nitrogens with one attached hydrogen (secondary N) is 1. The summed E-state index contributed by atoms with van der Waals surface area (Å²) in [5.74, 6) is 0.924. The average molecular weight is 566 g/mol. The maximum Gasteiger partial charge on any atom is 0.321 e. The molecule has 3 aromatic rings. The lowest BCUT2D eigenvalue weighted by atomic mass is 9.98. The van der Waals surface area contributed by atoms with Gasteiger partial charge < -0.3 is 14.8 Å². The Labute approximate surface area is 245 Å². The number of aryl methyl sites for hydroxylation is 1. The van der Waals surface area contributed by atoms with Crippen LogP contribution in [-0.4, -0.2) is 56.5 Å². The molecule has 1 N–H and O–H groups in total. The molecule has 9 heteroatoms. The molecule has 0 saturated carbocycles. The van der Waals surface area contributed by atoms with Gasteiger partial charge in [-0.05, 0) is 78.6 Å². The van der Waals surface area contributed by atoms with Crippen molar-refractivity contribution < 1.29 is 4.79 Å². The van der Waals surface area contributed by atoms with E-state index in [4.69, 9.17) is 21.8 Å². The van der Waals surface area contributed by atoms with E-state index >= 15 is 0 Å². The first-order valence-electron chi connectivity index (χ1n) is 13.6. The number of hydrogen-bond donors (Lipinski definition) is 1. The summed E-state index contributed by atoms with van der Waals surface area (Å²) >= 11 is 6.60. The van der Waals surface area contributed by atoms with Crippen molar-refractivity contribution in [2.45, 2.75) is 25.9 Å². The van der Waals surface area contributed by atoms with Crippen LogP contribution in [0.1, 0.15) is 35.1 Å². The van der Waals surface area contributed by atoms with Crippen LogP contribution in [0.4, 0.5) is 10.5 Å². The fourth-order valence-corrected chi connectivity index (χ4v) is 5.35. The molecule has 41 heavy (non-hydrogen) atoms.